The second-order valence-corrected chi connectivity index (χ2v) is 6.10. The van der Waals surface area contributed by atoms with Crippen molar-refractivity contribution in [1.82, 2.24) is 0 Å². The molecule has 0 amide bonds. The van der Waals surface area contributed by atoms with Crippen LogP contribution < -0.4 is 0 Å². The summed E-state index contributed by atoms with van der Waals surface area (Å²) >= 11 is 3.17. The van der Waals surface area contributed by atoms with Crippen LogP contribution in [0, 0.1) is 11.7 Å². The van der Waals surface area contributed by atoms with E-state index in [1.165, 1.54) is 19.1 Å². The summed E-state index contributed by atoms with van der Waals surface area (Å²) in [7, 11) is 0. The third-order valence-electron chi connectivity index (χ3n) is 2.35. The second kappa shape index (κ2) is 5.82. The van der Waals surface area contributed by atoms with Gasteiger partial charge in [-0.3, -0.25) is 9.59 Å². The fourth-order valence-corrected chi connectivity index (χ4v) is 1.86. The number of esters is 1. The van der Waals surface area contributed by atoms with Crippen molar-refractivity contribution in [2.24, 2.45) is 5.92 Å². The van der Waals surface area contributed by atoms with Gasteiger partial charge in [-0.2, -0.15) is 0 Å². The molecule has 0 N–H and O–H groups in total. The number of rotatable bonds is 3. The minimum atomic E-state index is -0.975. The number of hydrogen-bond acceptors (Lipinski definition) is 3. The number of carbonyl (C=O) groups excluding carboxylic acids is 2. The van der Waals surface area contributed by atoms with Gasteiger partial charge in [-0.05, 0) is 45.9 Å². The highest BCUT2D eigenvalue weighted by Gasteiger charge is 2.29. The Labute approximate surface area is 120 Å². The number of benzene rings is 1. The van der Waals surface area contributed by atoms with Crippen molar-refractivity contribution in [1.29, 1.82) is 0 Å². The van der Waals surface area contributed by atoms with Crippen molar-refractivity contribution >= 4 is 27.7 Å². The van der Waals surface area contributed by atoms with Crippen LogP contribution in [-0.2, 0) is 9.53 Å². The second-order valence-electron chi connectivity index (χ2n) is 5.24. The van der Waals surface area contributed by atoms with Gasteiger partial charge < -0.3 is 4.74 Å². The van der Waals surface area contributed by atoms with E-state index < -0.39 is 29.1 Å². The summed E-state index contributed by atoms with van der Waals surface area (Å²) in [5, 5.41) is 0. The molecule has 0 spiro atoms. The predicted octanol–water partition coefficient (Wildman–Crippen LogP) is 3.75. The summed E-state index contributed by atoms with van der Waals surface area (Å²) in [4.78, 5) is 24.0. The van der Waals surface area contributed by atoms with Gasteiger partial charge in [0.25, 0.3) is 0 Å². The molecule has 0 aliphatic rings. The molecule has 0 saturated carbocycles. The van der Waals surface area contributed by atoms with Gasteiger partial charge in [-0.25, -0.2) is 4.39 Å². The minimum Gasteiger partial charge on any atom is -0.459 e. The lowest BCUT2D eigenvalue weighted by molar-refractivity contribution is -0.157. The fraction of sp³-hybridized carbons (Fsp3) is 0.429. The predicted molar refractivity (Wildman–Crippen MR) is 73.4 cm³/mol. The van der Waals surface area contributed by atoms with Gasteiger partial charge in [0.2, 0.25) is 0 Å². The SMILES string of the molecule is CC(C(=O)OC(C)(C)C)C(=O)c1cc(F)ccc1Br. The molecule has 104 valence electrons. The van der Waals surface area contributed by atoms with Crippen LogP contribution in [-0.4, -0.2) is 17.4 Å². The lowest BCUT2D eigenvalue weighted by Crippen LogP contribution is -2.31. The maximum atomic E-state index is 13.2. The summed E-state index contributed by atoms with van der Waals surface area (Å²) in [5.74, 6) is -2.59. The molecule has 0 aromatic heterocycles. The molecule has 0 aliphatic carbocycles. The van der Waals surface area contributed by atoms with E-state index in [2.05, 4.69) is 15.9 Å². The molecular formula is C14H16BrFO3. The summed E-state index contributed by atoms with van der Waals surface area (Å²) < 4.78 is 18.8. The van der Waals surface area contributed by atoms with Gasteiger partial charge in [0.05, 0.1) is 0 Å². The molecule has 1 aromatic rings. The van der Waals surface area contributed by atoms with E-state index in [9.17, 15) is 14.0 Å². The van der Waals surface area contributed by atoms with Gasteiger partial charge in [0.15, 0.2) is 5.78 Å². The lowest BCUT2D eigenvalue weighted by atomic mass is 9.99. The Morgan fingerprint density at radius 3 is 2.42 bits per heavy atom. The van der Waals surface area contributed by atoms with Crippen molar-refractivity contribution in [2.45, 2.75) is 33.3 Å². The quantitative estimate of drug-likeness (QED) is 0.481. The van der Waals surface area contributed by atoms with E-state index in [1.807, 2.05) is 0 Å². The highest BCUT2D eigenvalue weighted by molar-refractivity contribution is 9.10. The van der Waals surface area contributed by atoms with Gasteiger partial charge in [0, 0.05) is 10.0 Å². The lowest BCUT2D eigenvalue weighted by Gasteiger charge is -2.22. The van der Waals surface area contributed by atoms with E-state index in [0.29, 0.717) is 4.47 Å². The Bertz CT molecular complexity index is 506. The molecule has 0 heterocycles. The first kappa shape index (κ1) is 15.8. The minimum absolute atomic E-state index is 0.137. The van der Waals surface area contributed by atoms with E-state index in [4.69, 9.17) is 4.74 Å². The first-order valence-electron chi connectivity index (χ1n) is 5.84. The maximum Gasteiger partial charge on any atom is 0.317 e. The van der Waals surface area contributed by atoms with Crippen molar-refractivity contribution in [2.75, 3.05) is 0 Å². The Hall–Kier alpha value is -1.23. The number of ether oxygens (including phenoxy) is 1. The van der Waals surface area contributed by atoms with Crippen LogP contribution in [0.25, 0.3) is 0 Å². The van der Waals surface area contributed by atoms with Crippen LogP contribution in [0.5, 0.6) is 0 Å². The molecule has 0 fully saturated rings. The summed E-state index contributed by atoms with van der Waals surface area (Å²) in [6.07, 6.45) is 0. The number of ketones is 1. The Balaban J connectivity index is 2.94. The molecule has 0 aliphatic heterocycles. The molecule has 3 nitrogen and oxygen atoms in total. The average molecular weight is 331 g/mol. The molecule has 1 unspecified atom stereocenters. The Morgan fingerprint density at radius 2 is 1.89 bits per heavy atom. The highest BCUT2D eigenvalue weighted by atomic mass is 79.9. The van der Waals surface area contributed by atoms with E-state index in [1.54, 1.807) is 20.8 Å². The number of halogens is 2. The summed E-state index contributed by atoms with van der Waals surface area (Å²) in [6, 6.07) is 3.77. The first-order valence-corrected chi connectivity index (χ1v) is 6.63. The Morgan fingerprint density at radius 1 is 1.32 bits per heavy atom. The summed E-state index contributed by atoms with van der Waals surface area (Å²) in [5.41, 5.74) is -0.525. The molecule has 1 atom stereocenters. The van der Waals surface area contributed by atoms with Crippen LogP contribution in [0.1, 0.15) is 38.1 Å². The van der Waals surface area contributed by atoms with Crippen LogP contribution in [0.15, 0.2) is 22.7 Å². The zero-order chi connectivity index (χ0) is 14.8. The van der Waals surface area contributed by atoms with Crippen LogP contribution in [0.2, 0.25) is 0 Å². The monoisotopic (exact) mass is 330 g/mol. The van der Waals surface area contributed by atoms with Crippen LogP contribution in [0.4, 0.5) is 4.39 Å². The summed E-state index contributed by atoms with van der Waals surface area (Å²) in [6.45, 7) is 6.62. The molecule has 1 aromatic carbocycles. The molecule has 0 bridgehead atoms. The zero-order valence-electron chi connectivity index (χ0n) is 11.3. The third kappa shape index (κ3) is 4.42. The number of carbonyl (C=O) groups is 2. The standard InChI is InChI=1S/C14H16BrFO3/c1-8(13(18)19-14(2,3)4)12(17)10-7-9(16)5-6-11(10)15/h5-8H,1-4H3. The van der Waals surface area contributed by atoms with Gasteiger partial charge in [-0.15, -0.1) is 0 Å². The maximum absolute atomic E-state index is 13.2. The highest BCUT2D eigenvalue weighted by Crippen LogP contribution is 2.22. The molecule has 0 radical (unpaired) electrons. The molecule has 19 heavy (non-hydrogen) atoms. The fourth-order valence-electron chi connectivity index (χ4n) is 1.42. The van der Waals surface area contributed by atoms with Crippen molar-refractivity contribution in [3.63, 3.8) is 0 Å². The van der Waals surface area contributed by atoms with E-state index in [0.717, 1.165) is 6.07 Å². The van der Waals surface area contributed by atoms with Gasteiger partial charge >= 0.3 is 5.97 Å². The smallest absolute Gasteiger partial charge is 0.317 e. The molecular weight excluding hydrogens is 315 g/mol. The molecule has 1 rings (SSSR count). The van der Waals surface area contributed by atoms with Crippen LogP contribution in [0.3, 0.4) is 0 Å². The molecule has 5 heteroatoms. The van der Waals surface area contributed by atoms with Crippen molar-refractivity contribution in [3.05, 3.63) is 34.1 Å². The van der Waals surface area contributed by atoms with E-state index >= 15 is 0 Å². The average Bonchev–Trinajstić information content (AvgIpc) is 2.28. The van der Waals surface area contributed by atoms with Gasteiger partial charge in [0.1, 0.15) is 17.3 Å². The third-order valence-corrected chi connectivity index (χ3v) is 3.04. The zero-order valence-corrected chi connectivity index (χ0v) is 12.9. The van der Waals surface area contributed by atoms with Crippen molar-refractivity contribution in [3.8, 4) is 0 Å². The first-order chi connectivity index (χ1) is 8.61. The van der Waals surface area contributed by atoms with Crippen LogP contribution >= 0.6 is 15.9 Å². The normalized spacial score (nSPS) is 12.9. The largest absolute Gasteiger partial charge is 0.459 e. The molecule has 0 saturated heterocycles. The number of Topliss-reactive ketones (excluding diaryl/α,β-unsaturated/α-hetero) is 1. The van der Waals surface area contributed by atoms with E-state index in [-0.39, 0.29) is 5.56 Å². The van der Waals surface area contributed by atoms with Crippen molar-refractivity contribution < 1.29 is 18.7 Å². The van der Waals surface area contributed by atoms with Gasteiger partial charge in [-0.1, -0.05) is 15.9 Å². The topological polar surface area (TPSA) is 43.4 Å². The Kier molecular flexibility index (Phi) is 4.85. The number of hydrogen-bond donors (Lipinski definition) is 0.